The first-order chi connectivity index (χ1) is 13.7. The Morgan fingerprint density at radius 2 is 1.90 bits per heavy atom. The minimum atomic E-state index is -0.116. The normalized spacial score (nSPS) is 14.7. The van der Waals surface area contributed by atoms with E-state index in [0.29, 0.717) is 22.2 Å². The number of halogens is 1. The van der Waals surface area contributed by atoms with Crippen molar-refractivity contribution >= 4 is 45.6 Å². The Bertz CT molecular complexity index is 906. The van der Waals surface area contributed by atoms with Gasteiger partial charge in [-0.05, 0) is 31.5 Å². The van der Waals surface area contributed by atoms with Crippen LogP contribution in [0.15, 0.2) is 18.2 Å². The molecule has 2 aromatic rings. The molecule has 9 heteroatoms. The van der Waals surface area contributed by atoms with Crippen LogP contribution >= 0.6 is 22.9 Å². The third-order valence-electron chi connectivity index (χ3n) is 4.89. The second kappa shape index (κ2) is 9.11. The lowest BCUT2D eigenvalue weighted by Crippen LogP contribution is -2.48. The number of hydrogen-bond donors (Lipinski definition) is 1. The topological polar surface area (TPSA) is 68.8 Å². The molecule has 0 bridgehead atoms. The zero-order chi connectivity index (χ0) is 21.1. The van der Waals surface area contributed by atoms with Crippen molar-refractivity contribution in [1.82, 2.24) is 14.8 Å². The summed E-state index contributed by atoms with van der Waals surface area (Å²) >= 11 is 7.35. The number of amides is 2. The summed E-state index contributed by atoms with van der Waals surface area (Å²) in [5.74, 6) is -0.220. The molecule has 0 unspecified atom stereocenters. The van der Waals surface area contributed by atoms with E-state index in [2.05, 4.69) is 27.0 Å². The number of aromatic nitrogens is 1. The molecule has 2 amide bonds. The van der Waals surface area contributed by atoms with Gasteiger partial charge in [0.2, 0.25) is 5.91 Å². The predicted molar refractivity (Wildman–Crippen MR) is 118 cm³/mol. The van der Waals surface area contributed by atoms with Crippen LogP contribution in [0.2, 0.25) is 5.02 Å². The lowest BCUT2D eigenvalue weighted by atomic mass is 10.1. The van der Waals surface area contributed by atoms with Crippen LogP contribution in [0.3, 0.4) is 0 Å². The molecule has 0 aliphatic carbocycles. The molecular formula is C20H26ClN5O2S. The first kappa shape index (κ1) is 21.5. The SMILES string of the molecule is Cc1ccc(Cl)cc1N1CCN(CC(=O)Nc2nc(C)c(C(=O)N(C)C)s2)CC1. The molecule has 1 saturated heterocycles. The summed E-state index contributed by atoms with van der Waals surface area (Å²) in [6, 6.07) is 5.93. The number of rotatable bonds is 5. The molecule has 7 nitrogen and oxygen atoms in total. The van der Waals surface area contributed by atoms with Gasteiger partial charge in [-0.3, -0.25) is 14.5 Å². The Kier molecular flexibility index (Phi) is 6.77. The monoisotopic (exact) mass is 435 g/mol. The summed E-state index contributed by atoms with van der Waals surface area (Å²) in [6.07, 6.45) is 0. The van der Waals surface area contributed by atoms with Crippen LogP contribution in [-0.4, -0.2) is 73.4 Å². The number of nitrogens with one attached hydrogen (secondary N) is 1. The number of hydrogen-bond acceptors (Lipinski definition) is 6. The van der Waals surface area contributed by atoms with E-state index in [1.807, 2.05) is 18.2 Å². The number of aryl methyl sites for hydroxylation is 2. The highest BCUT2D eigenvalue weighted by Crippen LogP contribution is 2.26. The van der Waals surface area contributed by atoms with Crippen LogP contribution in [0, 0.1) is 13.8 Å². The van der Waals surface area contributed by atoms with Gasteiger partial charge in [0.15, 0.2) is 5.13 Å². The minimum absolute atomic E-state index is 0.104. The lowest BCUT2D eigenvalue weighted by molar-refractivity contribution is -0.117. The standard InChI is InChI=1S/C20H26ClN5O2S/c1-13-5-6-15(21)11-16(13)26-9-7-25(8-10-26)12-17(27)23-20-22-14(2)18(29-20)19(28)24(3)4/h5-6,11H,7-10,12H2,1-4H3,(H,22,23,27). The molecule has 1 aliphatic rings. The molecule has 156 valence electrons. The molecule has 29 heavy (non-hydrogen) atoms. The van der Waals surface area contributed by atoms with E-state index < -0.39 is 0 Å². The smallest absolute Gasteiger partial charge is 0.265 e. The van der Waals surface area contributed by atoms with Crippen molar-refractivity contribution in [3.8, 4) is 0 Å². The van der Waals surface area contributed by atoms with Gasteiger partial charge in [-0.15, -0.1) is 0 Å². The molecule has 3 rings (SSSR count). The number of thiazole rings is 1. The maximum atomic E-state index is 12.4. The summed E-state index contributed by atoms with van der Waals surface area (Å²) < 4.78 is 0. The second-order valence-electron chi connectivity index (χ2n) is 7.38. The molecule has 0 spiro atoms. The summed E-state index contributed by atoms with van der Waals surface area (Å²) in [7, 11) is 3.40. The van der Waals surface area contributed by atoms with Crippen LogP contribution in [0.25, 0.3) is 0 Å². The Hall–Kier alpha value is -2.16. The number of anilines is 2. The number of carbonyl (C=O) groups excluding carboxylic acids is 2. The van der Waals surface area contributed by atoms with Crippen molar-refractivity contribution < 1.29 is 9.59 Å². The predicted octanol–water partition coefficient (Wildman–Crippen LogP) is 2.88. The van der Waals surface area contributed by atoms with Crippen LogP contribution in [-0.2, 0) is 4.79 Å². The van der Waals surface area contributed by atoms with Gasteiger partial charge in [0.05, 0.1) is 12.2 Å². The van der Waals surface area contributed by atoms with E-state index in [1.165, 1.54) is 21.8 Å². The Morgan fingerprint density at radius 1 is 1.21 bits per heavy atom. The van der Waals surface area contributed by atoms with Crippen molar-refractivity contribution in [2.24, 2.45) is 0 Å². The summed E-state index contributed by atoms with van der Waals surface area (Å²) in [5, 5.41) is 4.03. The average molecular weight is 436 g/mol. The van der Waals surface area contributed by atoms with Gasteiger partial charge in [-0.1, -0.05) is 29.0 Å². The van der Waals surface area contributed by atoms with Crippen LogP contribution in [0.4, 0.5) is 10.8 Å². The number of carbonyl (C=O) groups is 2. The fraction of sp³-hybridized carbons (Fsp3) is 0.450. The van der Waals surface area contributed by atoms with Gasteiger partial charge in [-0.25, -0.2) is 4.98 Å². The molecule has 0 saturated carbocycles. The summed E-state index contributed by atoms with van der Waals surface area (Å²) in [6.45, 7) is 7.43. The van der Waals surface area contributed by atoms with Crippen molar-refractivity contribution in [1.29, 1.82) is 0 Å². The molecule has 0 radical (unpaired) electrons. The molecule has 2 heterocycles. The molecule has 1 aromatic heterocycles. The number of nitrogens with zero attached hydrogens (tertiary/aromatic N) is 4. The summed E-state index contributed by atoms with van der Waals surface area (Å²) in [4.78, 5) is 35.4. The second-order valence-corrected chi connectivity index (χ2v) is 8.81. The largest absolute Gasteiger partial charge is 0.369 e. The first-order valence-electron chi connectivity index (χ1n) is 9.47. The van der Waals surface area contributed by atoms with E-state index in [-0.39, 0.29) is 11.8 Å². The highest BCUT2D eigenvalue weighted by atomic mass is 35.5. The fourth-order valence-electron chi connectivity index (χ4n) is 3.28. The van der Waals surface area contributed by atoms with Crippen molar-refractivity contribution in [3.05, 3.63) is 39.4 Å². The quantitative estimate of drug-likeness (QED) is 0.782. The maximum Gasteiger partial charge on any atom is 0.265 e. The van der Waals surface area contributed by atoms with Gasteiger partial charge in [-0.2, -0.15) is 0 Å². The van der Waals surface area contributed by atoms with Crippen molar-refractivity contribution in [2.45, 2.75) is 13.8 Å². The molecular weight excluding hydrogens is 410 g/mol. The molecule has 1 N–H and O–H groups in total. The highest BCUT2D eigenvalue weighted by molar-refractivity contribution is 7.17. The lowest BCUT2D eigenvalue weighted by Gasteiger charge is -2.36. The Labute approximate surface area is 180 Å². The third-order valence-corrected chi connectivity index (χ3v) is 6.19. The fourth-order valence-corrected chi connectivity index (χ4v) is 4.45. The molecule has 1 fully saturated rings. The zero-order valence-corrected chi connectivity index (χ0v) is 18.7. The molecule has 1 aromatic carbocycles. The highest BCUT2D eigenvalue weighted by Gasteiger charge is 2.22. The van der Waals surface area contributed by atoms with Crippen LogP contribution < -0.4 is 10.2 Å². The summed E-state index contributed by atoms with van der Waals surface area (Å²) in [5.41, 5.74) is 2.98. The minimum Gasteiger partial charge on any atom is -0.369 e. The number of benzene rings is 1. The Morgan fingerprint density at radius 3 is 2.55 bits per heavy atom. The number of piperazine rings is 1. The van der Waals surface area contributed by atoms with Crippen molar-refractivity contribution in [2.75, 3.05) is 57.0 Å². The van der Waals surface area contributed by atoms with E-state index in [0.717, 1.165) is 36.9 Å². The van der Waals surface area contributed by atoms with Gasteiger partial charge >= 0.3 is 0 Å². The van der Waals surface area contributed by atoms with Gasteiger partial charge in [0, 0.05) is 51.0 Å². The average Bonchev–Trinajstić information content (AvgIpc) is 3.03. The maximum absolute atomic E-state index is 12.4. The van der Waals surface area contributed by atoms with Crippen LogP contribution in [0.1, 0.15) is 20.9 Å². The first-order valence-corrected chi connectivity index (χ1v) is 10.7. The van der Waals surface area contributed by atoms with E-state index in [1.54, 1.807) is 21.0 Å². The molecule has 1 aliphatic heterocycles. The Balaban J connectivity index is 1.53. The zero-order valence-electron chi connectivity index (χ0n) is 17.2. The van der Waals surface area contributed by atoms with E-state index >= 15 is 0 Å². The van der Waals surface area contributed by atoms with Crippen LogP contribution in [0.5, 0.6) is 0 Å². The third kappa shape index (κ3) is 5.26. The van der Waals surface area contributed by atoms with E-state index in [4.69, 9.17) is 11.6 Å². The van der Waals surface area contributed by atoms with Gasteiger partial charge < -0.3 is 15.1 Å². The van der Waals surface area contributed by atoms with Gasteiger partial charge in [0.25, 0.3) is 5.91 Å². The van der Waals surface area contributed by atoms with Crippen molar-refractivity contribution in [3.63, 3.8) is 0 Å². The van der Waals surface area contributed by atoms with Gasteiger partial charge in [0.1, 0.15) is 4.88 Å². The molecule has 0 atom stereocenters. The van der Waals surface area contributed by atoms with E-state index in [9.17, 15) is 9.59 Å².